The van der Waals surface area contributed by atoms with Crippen LogP contribution in [0.2, 0.25) is 0 Å². The van der Waals surface area contributed by atoms with Crippen molar-refractivity contribution in [1.29, 1.82) is 0 Å². The van der Waals surface area contributed by atoms with Crippen LogP contribution in [0, 0.1) is 0 Å². The Kier molecular flexibility index (Phi) is 5.79. The zero-order valence-electron chi connectivity index (χ0n) is 13.9. The lowest BCUT2D eigenvalue weighted by Gasteiger charge is -2.25. The molecule has 0 radical (unpaired) electrons. The first kappa shape index (κ1) is 17.8. The first-order valence-corrected chi connectivity index (χ1v) is 6.86. The van der Waals surface area contributed by atoms with Gasteiger partial charge in [-0.2, -0.15) is 0 Å². The lowest BCUT2D eigenvalue weighted by molar-refractivity contribution is 0.0284. The van der Waals surface area contributed by atoms with Gasteiger partial charge in [0.15, 0.2) is 6.29 Å². The first-order chi connectivity index (χ1) is 10.2. The first-order valence-electron chi connectivity index (χ1n) is 6.86. The second-order valence-electron chi connectivity index (χ2n) is 5.87. The molecule has 1 aromatic rings. The summed E-state index contributed by atoms with van der Waals surface area (Å²) < 4.78 is 15.7. The van der Waals surface area contributed by atoms with Crippen molar-refractivity contribution in [2.75, 3.05) is 21.3 Å². The van der Waals surface area contributed by atoms with E-state index in [0.717, 1.165) is 5.56 Å². The summed E-state index contributed by atoms with van der Waals surface area (Å²) in [7, 11) is 4.59. The van der Waals surface area contributed by atoms with Gasteiger partial charge in [0.1, 0.15) is 17.1 Å². The maximum Gasteiger partial charge on any atom is 0.410 e. The van der Waals surface area contributed by atoms with Crippen molar-refractivity contribution in [3.63, 3.8) is 0 Å². The average Bonchev–Trinajstić information content (AvgIpc) is 2.44. The summed E-state index contributed by atoms with van der Waals surface area (Å²) in [6, 6.07) is 3.40. The molecule has 22 heavy (non-hydrogen) atoms. The molecule has 0 atom stereocenters. The fourth-order valence-corrected chi connectivity index (χ4v) is 1.88. The van der Waals surface area contributed by atoms with Gasteiger partial charge < -0.3 is 19.1 Å². The Hall–Kier alpha value is -2.24. The van der Waals surface area contributed by atoms with Crippen LogP contribution in [0.3, 0.4) is 0 Å². The minimum Gasteiger partial charge on any atom is -0.496 e. The Balaban J connectivity index is 2.98. The smallest absolute Gasteiger partial charge is 0.410 e. The third-order valence-electron chi connectivity index (χ3n) is 2.85. The summed E-state index contributed by atoms with van der Waals surface area (Å²) in [5.41, 5.74) is 0.559. The van der Waals surface area contributed by atoms with Crippen molar-refractivity contribution in [2.24, 2.45) is 0 Å². The minimum absolute atomic E-state index is 0.306. The number of hydrogen-bond acceptors (Lipinski definition) is 5. The maximum atomic E-state index is 12.0. The number of hydrogen-bond donors (Lipinski definition) is 0. The van der Waals surface area contributed by atoms with Gasteiger partial charge in [-0.1, -0.05) is 0 Å². The number of amides is 1. The number of rotatable bonds is 5. The monoisotopic (exact) mass is 309 g/mol. The van der Waals surface area contributed by atoms with Crippen LogP contribution in [0.4, 0.5) is 4.79 Å². The number of aldehydes is 1. The van der Waals surface area contributed by atoms with E-state index in [9.17, 15) is 9.59 Å². The second kappa shape index (κ2) is 7.15. The SMILES string of the molecule is COc1cc(CN(C)C(=O)OC(C)(C)C)cc(OC)c1C=O. The molecular formula is C16H23NO5. The van der Waals surface area contributed by atoms with E-state index in [1.54, 1.807) is 19.2 Å². The predicted molar refractivity (Wildman–Crippen MR) is 82.6 cm³/mol. The maximum absolute atomic E-state index is 12.0. The van der Waals surface area contributed by atoms with Crippen LogP contribution in [0.1, 0.15) is 36.7 Å². The van der Waals surface area contributed by atoms with Gasteiger partial charge in [-0.25, -0.2) is 4.79 Å². The molecule has 0 heterocycles. The molecule has 0 N–H and O–H groups in total. The van der Waals surface area contributed by atoms with Gasteiger partial charge in [0.2, 0.25) is 0 Å². The number of benzene rings is 1. The van der Waals surface area contributed by atoms with E-state index < -0.39 is 11.7 Å². The van der Waals surface area contributed by atoms with Gasteiger partial charge >= 0.3 is 6.09 Å². The molecule has 1 rings (SSSR count). The van der Waals surface area contributed by atoms with Crippen molar-refractivity contribution in [2.45, 2.75) is 32.9 Å². The Bertz CT molecular complexity index is 523. The molecule has 0 aliphatic heterocycles. The molecule has 1 aromatic carbocycles. The number of nitrogens with zero attached hydrogens (tertiary/aromatic N) is 1. The van der Waals surface area contributed by atoms with Crippen LogP contribution in [0.5, 0.6) is 11.5 Å². The van der Waals surface area contributed by atoms with Crippen molar-refractivity contribution in [3.8, 4) is 11.5 Å². The van der Waals surface area contributed by atoms with Crippen molar-refractivity contribution < 1.29 is 23.8 Å². The van der Waals surface area contributed by atoms with Gasteiger partial charge in [-0.05, 0) is 38.5 Å². The molecule has 1 amide bonds. The third kappa shape index (κ3) is 4.65. The molecule has 0 saturated heterocycles. The third-order valence-corrected chi connectivity index (χ3v) is 2.85. The van der Waals surface area contributed by atoms with E-state index in [0.29, 0.717) is 29.9 Å². The zero-order chi connectivity index (χ0) is 16.9. The van der Waals surface area contributed by atoms with E-state index in [1.807, 2.05) is 20.8 Å². The van der Waals surface area contributed by atoms with Crippen LogP contribution < -0.4 is 9.47 Å². The van der Waals surface area contributed by atoms with E-state index in [-0.39, 0.29) is 0 Å². The topological polar surface area (TPSA) is 65.1 Å². The summed E-state index contributed by atoms with van der Waals surface area (Å²) in [5.74, 6) is 0.809. The Morgan fingerprint density at radius 1 is 1.18 bits per heavy atom. The molecule has 0 bridgehead atoms. The summed E-state index contributed by atoms with van der Waals surface area (Å²) >= 11 is 0. The highest BCUT2D eigenvalue weighted by molar-refractivity contribution is 5.84. The summed E-state index contributed by atoms with van der Waals surface area (Å²) in [4.78, 5) is 24.5. The molecule has 6 heteroatoms. The quantitative estimate of drug-likeness (QED) is 0.783. The molecule has 122 valence electrons. The zero-order valence-corrected chi connectivity index (χ0v) is 13.9. The lowest BCUT2D eigenvalue weighted by Crippen LogP contribution is -2.33. The van der Waals surface area contributed by atoms with Gasteiger partial charge in [0.25, 0.3) is 0 Å². The lowest BCUT2D eigenvalue weighted by atomic mass is 10.1. The Morgan fingerprint density at radius 3 is 2.05 bits per heavy atom. The number of carbonyl (C=O) groups excluding carboxylic acids is 2. The van der Waals surface area contributed by atoms with Crippen LogP contribution in [-0.4, -0.2) is 44.1 Å². The molecule has 0 aliphatic carbocycles. The predicted octanol–water partition coefficient (Wildman–Crippen LogP) is 2.88. The van der Waals surface area contributed by atoms with Gasteiger partial charge in [0, 0.05) is 13.6 Å². The Labute approximate surface area is 131 Å². The summed E-state index contributed by atoms with van der Waals surface area (Å²) in [5, 5.41) is 0. The molecular weight excluding hydrogens is 286 g/mol. The standard InChI is InChI=1S/C16H23NO5/c1-16(2,3)22-15(19)17(4)9-11-7-13(20-5)12(10-18)14(8-11)21-6/h7-8,10H,9H2,1-6H3. The molecule has 0 aliphatic rings. The fourth-order valence-electron chi connectivity index (χ4n) is 1.88. The van der Waals surface area contributed by atoms with Crippen molar-refractivity contribution in [3.05, 3.63) is 23.3 Å². The summed E-state index contributed by atoms with van der Waals surface area (Å²) in [6.07, 6.45) is 0.254. The highest BCUT2D eigenvalue weighted by Crippen LogP contribution is 2.29. The minimum atomic E-state index is -0.553. The van der Waals surface area contributed by atoms with Crippen LogP contribution in [-0.2, 0) is 11.3 Å². The number of carbonyl (C=O) groups is 2. The molecule has 0 saturated carbocycles. The van der Waals surface area contributed by atoms with Crippen LogP contribution in [0.15, 0.2) is 12.1 Å². The number of ether oxygens (including phenoxy) is 3. The van der Waals surface area contributed by atoms with Gasteiger partial charge in [-0.3, -0.25) is 4.79 Å². The molecule has 6 nitrogen and oxygen atoms in total. The molecule has 0 fully saturated rings. The number of methoxy groups -OCH3 is 2. The van der Waals surface area contributed by atoms with Crippen LogP contribution in [0.25, 0.3) is 0 Å². The van der Waals surface area contributed by atoms with Crippen LogP contribution >= 0.6 is 0 Å². The van der Waals surface area contributed by atoms with E-state index in [2.05, 4.69) is 0 Å². The fraction of sp³-hybridized carbons (Fsp3) is 0.500. The Morgan fingerprint density at radius 2 is 1.68 bits per heavy atom. The van der Waals surface area contributed by atoms with Crippen molar-refractivity contribution in [1.82, 2.24) is 4.90 Å². The van der Waals surface area contributed by atoms with E-state index in [4.69, 9.17) is 14.2 Å². The van der Waals surface area contributed by atoms with Crippen molar-refractivity contribution >= 4 is 12.4 Å². The molecule has 0 aromatic heterocycles. The van der Waals surface area contributed by atoms with Gasteiger partial charge in [-0.15, -0.1) is 0 Å². The molecule has 0 spiro atoms. The second-order valence-corrected chi connectivity index (χ2v) is 5.87. The molecule has 0 unspecified atom stereocenters. The highest BCUT2D eigenvalue weighted by Gasteiger charge is 2.20. The van der Waals surface area contributed by atoms with E-state index >= 15 is 0 Å². The largest absolute Gasteiger partial charge is 0.496 e. The summed E-state index contributed by atoms with van der Waals surface area (Å²) in [6.45, 7) is 5.73. The average molecular weight is 309 g/mol. The van der Waals surface area contributed by atoms with E-state index in [1.165, 1.54) is 19.1 Å². The normalized spacial score (nSPS) is 10.8. The highest BCUT2D eigenvalue weighted by atomic mass is 16.6. The van der Waals surface area contributed by atoms with Gasteiger partial charge in [0.05, 0.1) is 19.8 Å².